The van der Waals surface area contributed by atoms with E-state index in [9.17, 15) is 0 Å². The Bertz CT molecular complexity index is 470. The highest BCUT2D eigenvalue weighted by Crippen LogP contribution is 2.33. The van der Waals surface area contributed by atoms with Gasteiger partial charge in [-0.1, -0.05) is 25.1 Å². The molecule has 0 N–H and O–H groups in total. The molecule has 0 radical (unpaired) electrons. The van der Waals surface area contributed by atoms with Crippen molar-refractivity contribution in [1.29, 1.82) is 0 Å². The van der Waals surface area contributed by atoms with Crippen LogP contribution in [0.4, 0.5) is 0 Å². The minimum absolute atomic E-state index is 0.349. The van der Waals surface area contributed by atoms with Crippen molar-refractivity contribution in [2.45, 2.75) is 38.8 Å². The molecule has 1 heterocycles. The van der Waals surface area contributed by atoms with Crippen LogP contribution in [0.3, 0.4) is 0 Å². The molecule has 2 aliphatic rings. The largest absolute Gasteiger partial charge is 0.454 e. The van der Waals surface area contributed by atoms with Gasteiger partial charge in [0.1, 0.15) is 0 Å². The molecule has 0 fully saturated rings. The Morgan fingerprint density at radius 2 is 2.16 bits per heavy atom. The predicted molar refractivity (Wildman–Crippen MR) is 75.4 cm³/mol. The van der Waals surface area contributed by atoms with Crippen LogP contribution in [0, 0.1) is 0 Å². The summed E-state index contributed by atoms with van der Waals surface area (Å²) in [5.41, 5.74) is 1.30. The molecule has 1 unspecified atom stereocenters. The van der Waals surface area contributed by atoms with Crippen molar-refractivity contribution < 1.29 is 9.47 Å². The van der Waals surface area contributed by atoms with E-state index in [0.29, 0.717) is 12.8 Å². The van der Waals surface area contributed by atoms with Crippen molar-refractivity contribution in [2.24, 2.45) is 0 Å². The molecular formula is C16H21NO2. The van der Waals surface area contributed by atoms with Crippen LogP contribution in [-0.4, -0.2) is 24.3 Å². The van der Waals surface area contributed by atoms with E-state index in [1.54, 1.807) is 0 Å². The van der Waals surface area contributed by atoms with Gasteiger partial charge in [0.05, 0.1) is 0 Å². The predicted octanol–water partition coefficient (Wildman–Crippen LogP) is 3.35. The molecule has 0 amide bonds. The van der Waals surface area contributed by atoms with Gasteiger partial charge in [0.15, 0.2) is 11.5 Å². The second-order valence-electron chi connectivity index (χ2n) is 5.18. The van der Waals surface area contributed by atoms with E-state index < -0.39 is 0 Å². The van der Waals surface area contributed by atoms with Gasteiger partial charge in [-0.25, -0.2) is 0 Å². The van der Waals surface area contributed by atoms with Crippen LogP contribution in [0.5, 0.6) is 11.5 Å². The fourth-order valence-corrected chi connectivity index (χ4v) is 2.84. The van der Waals surface area contributed by atoms with Crippen LogP contribution in [-0.2, 0) is 6.54 Å². The second-order valence-corrected chi connectivity index (χ2v) is 5.18. The molecule has 1 aliphatic carbocycles. The molecular weight excluding hydrogens is 238 g/mol. The van der Waals surface area contributed by atoms with Crippen molar-refractivity contribution in [1.82, 2.24) is 4.90 Å². The summed E-state index contributed by atoms with van der Waals surface area (Å²) < 4.78 is 10.8. The van der Waals surface area contributed by atoms with E-state index in [2.05, 4.69) is 36.1 Å². The molecule has 0 saturated carbocycles. The van der Waals surface area contributed by atoms with Gasteiger partial charge in [-0.05, 0) is 43.5 Å². The van der Waals surface area contributed by atoms with Crippen molar-refractivity contribution in [3.05, 3.63) is 35.9 Å². The third kappa shape index (κ3) is 2.76. The van der Waals surface area contributed by atoms with Crippen molar-refractivity contribution >= 4 is 0 Å². The summed E-state index contributed by atoms with van der Waals surface area (Å²) in [5, 5.41) is 0. The second kappa shape index (κ2) is 5.66. The molecule has 3 heteroatoms. The van der Waals surface area contributed by atoms with Gasteiger partial charge in [0.25, 0.3) is 0 Å². The van der Waals surface area contributed by atoms with E-state index >= 15 is 0 Å². The van der Waals surface area contributed by atoms with Crippen molar-refractivity contribution in [3.63, 3.8) is 0 Å². The zero-order valence-electron chi connectivity index (χ0n) is 11.5. The summed E-state index contributed by atoms with van der Waals surface area (Å²) in [4.78, 5) is 2.52. The number of allylic oxidation sites excluding steroid dienone is 1. The van der Waals surface area contributed by atoms with Gasteiger partial charge in [-0.3, -0.25) is 4.90 Å². The molecule has 19 heavy (non-hydrogen) atoms. The third-order valence-corrected chi connectivity index (χ3v) is 3.93. The number of ether oxygens (including phenoxy) is 2. The number of hydrogen-bond acceptors (Lipinski definition) is 3. The highest BCUT2D eigenvalue weighted by Gasteiger charge is 2.18. The van der Waals surface area contributed by atoms with Crippen LogP contribution in [0.15, 0.2) is 30.4 Å². The first kappa shape index (κ1) is 12.5. The monoisotopic (exact) mass is 259 g/mol. The number of nitrogens with zero attached hydrogens (tertiary/aromatic N) is 1. The van der Waals surface area contributed by atoms with Crippen molar-refractivity contribution in [2.75, 3.05) is 13.3 Å². The Labute approximate surface area is 114 Å². The SMILES string of the molecule is CCN(Cc1ccc2c(c1)OCO2)C1C=CCCC1. The van der Waals surface area contributed by atoms with Crippen LogP contribution >= 0.6 is 0 Å². The maximum atomic E-state index is 5.45. The lowest BCUT2D eigenvalue weighted by Gasteiger charge is -2.30. The first-order chi connectivity index (χ1) is 9.36. The normalized spacial score (nSPS) is 21.1. The average Bonchev–Trinajstić information content (AvgIpc) is 2.93. The van der Waals surface area contributed by atoms with Crippen LogP contribution < -0.4 is 9.47 Å². The van der Waals surface area contributed by atoms with E-state index in [-0.39, 0.29) is 0 Å². The summed E-state index contributed by atoms with van der Waals surface area (Å²) in [6.07, 6.45) is 8.49. The number of hydrogen-bond donors (Lipinski definition) is 0. The molecule has 102 valence electrons. The quantitative estimate of drug-likeness (QED) is 0.774. The van der Waals surface area contributed by atoms with Crippen molar-refractivity contribution in [3.8, 4) is 11.5 Å². The Morgan fingerprint density at radius 3 is 2.95 bits per heavy atom. The lowest BCUT2D eigenvalue weighted by Crippen LogP contribution is -2.34. The topological polar surface area (TPSA) is 21.7 Å². The Hall–Kier alpha value is -1.48. The summed E-state index contributed by atoms with van der Waals surface area (Å²) >= 11 is 0. The highest BCUT2D eigenvalue weighted by molar-refractivity contribution is 5.44. The summed E-state index contributed by atoms with van der Waals surface area (Å²) in [6, 6.07) is 6.85. The fourth-order valence-electron chi connectivity index (χ4n) is 2.84. The summed E-state index contributed by atoms with van der Waals surface area (Å²) in [6.45, 7) is 4.63. The third-order valence-electron chi connectivity index (χ3n) is 3.93. The van der Waals surface area contributed by atoms with Gasteiger partial charge in [0, 0.05) is 12.6 Å². The van der Waals surface area contributed by atoms with E-state index in [1.807, 2.05) is 6.07 Å². The lowest BCUT2D eigenvalue weighted by atomic mass is 10.0. The molecule has 1 aliphatic heterocycles. The molecule has 0 saturated heterocycles. The highest BCUT2D eigenvalue weighted by atomic mass is 16.7. The average molecular weight is 259 g/mol. The van der Waals surface area contributed by atoms with Gasteiger partial charge in [-0.15, -0.1) is 0 Å². The fraction of sp³-hybridized carbons (Fsp3) is 0.500. The molecule has 0 aromatic heterocycles. The smallest absolute Gasteiger partial charge is 0.231 e. The molecule has 1 aromatic rings. The standard InChI is InChI=1S/C16H21NO2/c1-2-17(14-6-4-3-5-7-14)11-13-8-9-15-16(10-13)19-12-18-15/h4,6,8-10,14H,2-3,5,7,11-12H2,1H3. The Morgan fingerprint density at radius 1 is 1.26 bits per heavy atom. The number of benzene rings is 1. The number of rotatable bonds is 4. The molecule has 1 aromatic carbocycles. The number of likely N-dealkylation sites (N-methyl/N-ethyl adjacent to an activating group) is 1. The van der Waals surface area contributed by atoms with Gasteiger partial charge in [0.2, 0.25) is 6.79 Å². The van der Waals surface area contributed by atoms with Gasteiger partial charge in [-0.2, -0.15) is 0 Å². The first-order valence-corrected chi connectivity index (χ1v) is 7.16. The maximum absolute atomic E-state index is 5.45. The van der Waals surface area contributed by atoms with Crippen LogP contribution in [0.1, 0.15) is 31.7 Å². The Kier molecular flexibility index (Phi) is 3.74. The summed E-state index contributed by atoms with van der Waals surface area (Å²) in [5.74, 6) is 1.75. The minimum atomic E-state index is 0.349. The zero-order chi connectivity index (χ0) is 13.1. The van der Waals surface area contributed by atoms with Crippen LogP contribution in [0.25, 0.3) is 0 Å². The van der Waals surface area contributed by atoms with Gasteiger partial charge >= 0.3 is 0 Å². The number of fused-ring (bicyclic) bond motifs is 1. The maximum Gasteiger partial charge on any atom is 0.231 e. The first-order valence-electron chi connectivity index (χ1n) is 7.16. The molecule has 3 nitrogen and oxygen atoms in total. The van der Waals surface area contributed by atoms with E-state index in [0.717, 1.165) is 24.6 Å². The van der Waals surface area contributed by atoms with E-state index in [4.69, 9.17) is 9.47 Å². The molecule has 1 atom stereocenters. The Balaban J connectivity index is 1.71. The lowest BCUT2D eigenvalue weighted by molar-refractivity contribution is 0.173. The minimum Gasteiger partial charge on any atom is -0.454 e. The van der Waals surface area contributed by atoms with E-state index in [1.165, 1.54) is 24.8 Å². The molecule has 0 spiro atoms. The molecule has 3 rings (SSSR count). The molecule has 0 bridgehead atoms. The van der Waals surface area contributed by atoms with Gasteiger partial charge < -0.3 is 9.47 Å². The zero-order valence-corrected chi connectivity index (χ0v) is 11.5. The summed E-state index contributed by atoms with van der Waals surface area (Å²) in [7, 11) is 0. The van der Waals surface area contributed by atoms with Crippen LogP contribution in [0.2, 0.25) is 0 Å².